The number of para-hydroxylation sites is 1. The van der Waals surface area contributed by atoms with Crippen molar-refractivity contribution in [1.29, 1.82) is 0 Å². The Labute approximate surface area is 159 Å². The summed E-state index contributed by atoms with van der Waals surface area (Å²) < 4.78 is 5.24. The Morgan fingerprint density at radius 1 is 1.19 bits per heavy atom. The Kier molecular flexibility index (Phi) is 4.77. The second-order valence-electron chi connectivity index (χ2n) is 6.91. The van der Waals surface area contributed by atoms with Gasteiger partial charge in [-0.2, -0.15) is 0 Å². The molecule has 1 unspecified atom stereocenters. The zero-order valence-corrected chi connectivity index (χ0v) is 15.6. The Hall–Kier alpha value is -2.92. The summed E-state index contributed by atoms with van der Waals surface area (Å²) in [5.41, 5.74) is 3.30. The molecule has 0 bridgehead atoms. The predicted octanol–water partition coefficient (Wildman–Crippen LogP) is 3.34. The summed E-state index contributed by atoms with van der Waals surface area (Å²) in [5, 5.41) is 4.28. The highest BCUT2D eigenvalue weighted by Gasteiger charge is 2.24. The summed E-state index contributed by atoms with van der Waals surface area (Å²) >= 11 is 0. The lowest BCUT2D eigenvalue weighted by Gasteiger charge is -2.32. The largest absolute Gasteiger partial charge is 0.497 e. The third kappa shape index (κ3) is 3.51. The number of hydrogen-bond acceptors (Lipinski definition) is 4. The highest BCUT2D eigenvalue weighted by atomic mass is 16.5. The molecule has 1 aromatic heterocycles. The third-order valence-corrected chi connectivity index (χ3v) is 4.99. The van der Waals surface area contributed by atoms with Crippen molar-refractivity contribution in [2.75, 3.05) is 26.7 Å². The van der Waals surface area contributed by atoms with E-state index in [-0.39, 0.29) is 5.91 Å². The van der Waals surface area contributed by atoms with E-state index in [1.165, 1.54) is 0 Å². The van der Waals surface area contributed by atoms with Crippen LogP contribution in [0.4, 0.5) is 0 Å². The molecule has 0 radical (unpaired) electrons. The van der Waals surface area contributed by atoms with Crippen molar-refractivity contribution >= 4 is 16.8 Å². The summed E-state index contributed by atoms with van der Waals surface area (Å²) in [6.45, 7) is 4.36. The van der Waals surface area contributed by atoms with E-state index in [9.17, 15) is 4.79 Å². The van der Waals surface area contributed by atoms with Gasteiger partial charge in [-0.1, -0.05) is 18.2 Å². The number of ether oxygens (including phenoxy) is 1. The van der Waals surface area contributed by atoms with Crippen LogP contribution in [0.2, 0.25) is 0 Å². The van der Waals surface area contributed by atoms with Crippen molar-refractivity contribution in [3.05, 3.63) is 60.2 Å². The maximum absolute atomic E-state index is 13.3. The van der Waals surface area contributed by atoms with Gasteiger partial charge in [0.05, 0.1) is 23.9 Å². The first-order valence-corrected chi connectivity index (χ1v) is 9.22. The monoisotopic (exact) mass is 361 g/mol. The summed E-state index contributed by atoms with van der Waals surface area (Å²) in [4.78, 5) is 20.0. The van der Waals surface area contributed by atoms with Gasteiger partial charge in [-0.15, -0.1) is 0 Å². The fourth-order valence-corrected chi connectivity index (χ4v) is 3.55. The molecular formula is C22H23N3O2. The second kappa shape index (κ2) is 7.37. The minimum atomic E-state index is 0.0664. The lowest BCUT2D eigenvalue weighted by atomic mass is 10.0. The van der Waals surface area contributed by atoms with E-state index in [0.717, 1.165) is 41.0 Å². The molecule has 0 saturated carbocycles. The van der Waals surface area contributed by atoms with Crippen molar-refractivity contribution in [3.63, 3.8) is 0 Å². The van der Waals surface area contributed by atoms with Gasteiger partial charge >= 0.3 is 0 Å². The molecule has 27 heavy (non-hydrogen) atoms. The van der Waals surface area contributed by atoms with Crippen LogP contribution in [0.5, 0.6) is 5.75 Å². The van der Waals surface area contributed by atoms with Gasteiger partial charge in [-0.3, -0.25) is 4.79 Å². The number of aromatic nitrogens is 1. The van der Waals surface area contributed by atoms with Crippen molar-refractivity contribution < 1.29 is 9.53 Å². The zero-order valence-electron chi connectivity index (χ0n) is 15.6. The van der Waals surface area contributed by atoms with Crippen molar-refractivity contribution in [2.45, 2.75) is 13.0 Å². The van der Waals surface area contributed by atoms with E-state index in [2.05, 4.69) is 12.2 Å². The molecule has 138 valence electrons. The van der Waals surface area contributed by atoms with E-state index in [1.54, 1.807) is 7.11 Å². The molecule has 5 nitrogen and oxygen atoms in total. The lowest BCUT2D eigenvalue weighted by molar-refractivity contribution is 0.0711. The average molecular weight is 361 g/mol. The molecule has 1 atom stereocenters. The fraction of sp³-hybridized carbons (Fsp3) is 0.273. The molecule has 4 rings (SSSR count). The highest BCUT2D eigenvalue weighted by molar-refractivity contribution is 6.07. The van der Waals surface area contributed by atoms with Crippen LogP contribution in [0, 0.1) is 0 Å². The lowest BCUT2D eigenvalue weighted by Crippen LogP contribution is -2.51. The van der Waals surface area contributed by atoms with Crippen molar-refractivity contribution in [2.24, 2.45) is 0 Å². The summed E-state index contributed by atoms with van der Waals surface area (Å²) in [7, 11) is 1.65. The van der Waals surface area contributed by atoms with E-state index >= 15 is 0 Å². The molecule has 1 N–H and O–H groups in total. The molecule has 1 aliphatic rings. The van der Waals surface area contributed by atoms with Gasteiger partial charge in [-0.05, 0) is 43.3 Å². The van der Waals surface area contributed by atoms with Crippen LogP contribution >= 0.6 is 0 Å². The van der Waals surface area contributed by atoms with Crippen LogP contribution in [0.15, 0.2) is 54.6 Å². The fourth-order valence-electron chi connectivity index (χ4n) is 3.55. The van der Waals surface area contributed by atoms with Crippen LogP contribution in [0.25, 0.3) is 22.2 Å². The number of hydrogen-bond donors (Lipinski definition) is 1. The molecule has 1 aliphatic heterocycles. The predicted molar refractivity (Wildman–Crippen MR) is 107 cm³/mol. The maximum atomic E-state index is 13.3. The number of nitrogens with one attached hydrogen (secondary N) is 1. The standard InChI is InChI=1S/C22H23N3O2/c1-15-14-25(12-11-23-15)22(26)19-13-21(16-7-9-17(27-2)10-8-16)24-20-6-4-3-5-18(19)20/h3-10,13,15,23H,11-12,14H2,1-2H3. The maximum Gasteiger partial charge on any atom is 0.254 e. The van der Waals surface area contributed by atoms with Crippen molar-refractivity contribution in [1.82, 2.24) is 15.2 Å². The topological polar surface area (TPSA) is 54.5 Å². The number of benzene rings is 2. The molecule has 0 aliphatic carbocycles. The summed E-state index contributed by atoms with van der Waals surface area (Å²) in [6, 6.07) is 17.8. The third-order valence-electron chi connectivity index (χ3n) is 4.99. The number of nitrogens with zero attached hydrogens (tertiary/aromatic N) is 2. The number of fused-ring (bicyclic) bond motifs is 1. The van der Waals surface area contributed by atoms with Gasteiger partial charge in [0.15, 0.2) is 0 Å². The number of rotatable bonds is 3. The number of piperazine rings is 1. The summed E-state index contributed by atoms with van der Waals surface area (Å²) in [5.74, 6) is 0.863. The number of amides is 1. The molecule has 2 aromatic carbocycles. The molecule has 5 heteroatoms. The number of carbonyl (C=O) groups is 1. The zero-order chi connectivity index (χ0) is 18.8. The molecular weight excluding hydrogens is 338 g/mol. The average Bonchev–Trinajstić information content (AvgIpc) is 2.72. The Bertz CT molecular complexity index is 969. The van der Waals surface area contributed by atoms with Crippen LogP contribution in [0.3, 0.4) is 0 Å². The summed E-state index contributed by atoms with van der Waals surface area (Å²) in [6.07, 6.45) is 0. The van der Waals surface area contributed by atoms with Crippen LogP contribution in [-0.4, -0.2) is 48.6 Å². The van der Waals surface area contributed by atoms with E-state index in [0.29, 0.717) is 18.2 Å². The SMILES string of the molecule is COc1ccc(-c2cc(C(=O)N3CCNC(C)C3)c3ccccc3n2)cc1. The Balaban J connectivity index is 1.79. The first-order valence-electron chi connectivity index (χ1n) is 9.22. The first-order chi connectivity index (χ1) is 13.2. The van der Waals surface area contributed by atoms with Gasteiger partial charge in [0.2, 0.25) is 0 Å². The van der Waals surface area contributed by atoms with Gasteiger partial charge in [0, 0.05) is 36.6 Å². The van der Waals surface area contributed by atoms with E-state index in [4.69, 9.17) is 9.72 Å². The second-order valence-corrected chi connectivity index (χ2v) is 6.91. The number of pyridine rings is 1. The minimum absolute atomic E-state index is 0.0664. The molecule has 1 saturated heterocycles. The molecule has 1 amide bonds. The Morgan fingerprint density at radius 2 is 1.96 bits per heavy atom. The smallest absolute Gasteiger partial charge is 0.254 e. The first kappa shape index (κ1) is 17.5. The normalized spacial score (nSPS) is 17.1. The van der Waals surface area contributed by atoms with Crippen molar-refractivity contribution in [3.8, 4) is 17.0 Å². The quantitative estimate of drug-likeness (QED) is 0.777. The molecule has 1 fully saturated rings. The van der Waals surface area contributed by atoms with Crippen LogP contribution in [-0.2, 0) is 0 Å². The Morgan fingerprint density at radius 3 is 2.70 bits per heavy atom. The minimum Gasteiger partial charge on any atom is -0.497 e. The molecule has 0 spiro atoms. The van der Waals surface area contributed by atoms with Crippen LogP contribution in [0.1, 0.15) is 17.3 Å². The van der Waals surface area contributed by atoms with Crippen LogP contribution < -0.4 is 10.1 Å². The van der Waals surface area contributed by atoms with E-state index in [1.807, 2.05) is 59.5 Å². The number of carbonyl (C=O) groups excluding carboxylic acids is 1. The van der Waals surface area contributed by atoms with Gasteiger partial charge < -0.3 is 15.0 Å². The van der Waals surface area contributed by atoms with E-state index < -0.39 is 0 Å². The highest BCUT2D eigenvalue weighted by Crippen LogP contribution is 2.27. The van der Waals surface area contributed by atoms with Gasteiger partial charge in [-0.25, -0.2) is 4.98 Å². The van der Waals surface area contributed by atoms with Gasteiger partial charge in [0.25, 0.3) is 5.91 Å². The number of methoxy groups -OCH3 is 1. The molecule has 3 aromatic rings. The molecule has 2 heterocycles. The van der Waals surface area contributed by atoms with Gasteiger partial charge in [0.1, 0.15) is 5.75 Å².